The van der Waals surface area contributed by atoms with Crippen molar-refractivity contribution < 1.29 is 0 Å². The summed E-state index contributed by atoms with van der Waals surface area (Å²) in [4.78, 5) is 13.0. The highest BCUT2D eigenvalue weighted by Crippen LogP contribution is 2.28. The van der Waals surface area contributed by atoms with Gasteiger partial charge in [-0.2, -0.15) is 0 Å². The van der Waals surface area contributed by atoms with Gasteiger partial charge in [-0.25, -0.2) is 9.97 Å². The van der Waals surface area contributed by atoms with Crippen LogP contribution in [0.5, 0.6) is 0 Å². The molecular formula is C18H21N5S. The zero-order chi connectivity index (χ0) is 16.4. The molecule has 24 heavy (non-hydrogen) atoms. The van der Waals surface area contributed by atoms with E-state index in [9.17, 15) is 0 Å². The lowest BCUT2D eigenvalue weighted by atomic mass is 10.1. The number of thiazole rings is 1. The average molecular weight is 339 g/mol. The van der Waals surface area contributed by atoms with Crippen LogP contribution in [0.2, 0.25) is 0 Å². The van der Waals surface area contributed by atoms with Crippen molar-refractivity contribution in [3.05, 3.63) is 59.6 Å². The third-order valence-corrected chi connectivity index (χ3v) is 5.48. The number of aryl methyl sites for hydroxylation is 1. The van der Waals surface area contributed by atoms with Crippen molar-refractivity contribution in [2.75, 3.05) is 19.6 Å². The molecule has 1 N–H and O–H groups in total. The van der Waals surface area contributed by atoms with Gasteiger partial charge in [-0.15, -0.1) is 11.3 Å². The maximum absolute atomic E-state index is 4.61. The van der Waals surface area contributed by atoms with Crippen molar-refractivity contribution in [3.63, 3.8) is 0 Å². The molecule has 5 nitrogen and oxygen atoms in total. The first kappa shape index (κ1) is 15.5. The molecule has 0 bridgehead atoms. The number of hydrogen-bond acceptors (Lipinski definition) is 5. The first-order chi connectivity index (χ1) is 11.8. The second kappa shape index (κ2) is 6.84. The SMILES string of the molecule is Cn1ccnc1C1CNCCN1Cc1cnc(-c2ccccc2)s1. The van der Waals surface area contributed by atoms with E-state index in [4.69, 9.17) is 0 Å². The van der Waals surface area contributed by atoms with E-state index in [1.54, 1.807) is 11.3 Å². The molecule has 2 aromatic heterocycles. The van der Waals surface area contributed by atoms with E-state index in [2.05, 4.69) is 56.1 Å². The van der Waals surface area contributed by atoms with Gasteiger partial charge in [0.2, 0.25) is 0 Å². The highest BCUT2D eigenvalue weighted by Gasteiger charge is 2.27. The fraction of sp³-hybridized carbons (Fsp3) is 0.333. The normalized spacial score (nSPS) is 18.8. The van der Waals surface area contributed by atoms with Crippen LogP contribution in [0.1, 0.15) is 16.7 Å². The van der Waals surface area contributed by atoms with Gasteiger partial charge in [0.05, 0.1) is 6.04 Å². The Morgan fingerprint density at radius 3 is 2.92 bits per heavy atom. The van der Waals surface area contributed by atoms with E-state index >= 15 is 0 Å². The highest BCUT2D eigenvalue weighted by molar-refractivity contribution is 7.15. The van der Waals surface area contributed by atoms with E-state index < -0.39 is 0 Å². The van der Waals surface area contributed by atoms with Crippen LogP contribution in [0, 0.1) is 0 Å². The smallest absolute Gasteiger partial charge is 0.127 e. The summed E-state index contributed by atoms with van der Waals surface area (Å²) in [5.41, 5.74) is 1.19. The first-order valence-corrected chi connectivity index (χ1v) is 9.05. The topological polar surface area (TPSA) is 46.0 Å². The molecular weight excluding hydrogens is 318 g/mol. The molecule has 3 aromatic rings. The maximum Gasteiger partial charge on any atom is 0.127 e. The number of hydrogen-bond donors (Lipinski definition) is 1. The second-order valence-electron chi connectivity index (χ2n) is 6.08. The molecule has 0 radical (unpaired) electrons. The molecule has 124 valence electrons. The van der Waals surface area contributed by atoms with E-state index in [0.29, 0.717) is 6.04 Å². The molecule has 3 heterocycles. The molecule has 0 aliphatic carbocycles. The van der Waals surface area contributed by atoms with Crippen LogP contribution < -0.4 is 5.32 Å². The lowest BCUT2D eigenvalue weighted by molar-refractivity contribution is 0.146. The van der Waals surface area contributed by atoms with Gasteiger partial charge in [0.1, 0.15) is 10.8 Å². The molecule has 0 saturated carbocycles. The molecule has 1 atom stereocenters. The Labute approximate surface area is 146 Å². The predicted molar refractivity (Wildman–Crippen MR) is 96.8 cm³/mol. The minimum Gasteiger partial charge on any atom is -0.337 e. The van der Waals surface area contributed by atoms with Crippen LogP contribution in [0.25, 0.3) is 10.6 Å². The van der Waals surface area contributed by atoms with Gasteiger partial charge < -0.3 is 9.88 Å². The van der Waals surface area contributed by atoms with Gasteiger partial charge in [-0.3, -0.25) is 4.90 Å². The zero-order valence-electron chi connectivity index (χ0n) is 13.7. The summed E-state index contributed by atoms with van der Waals surface area (Å²) in [6.07, 6.45) is 5.91. The summed E-state index contributed by atoms with van der Waals surface area (Å²) in [6.45, 7) is 3.90. The summed E-state index contributed by atoms with van der Waals surface area (Å²) < 4.78 is 2.12. The van der Waals surface area contributed by atoms with Crippen molar-refractivity contribution in [2.45, 2.75) is 12.6 Å². The number of nitrogens with zero attached hydrogens (tertiary/aromatic N) is 4. The molecule has 1 aliphatic rings. The number of rotatable bonds is 4. The largest absolute Gasteiger partial charge is 0.337 e. The van der Waals surface area contributed by atoms with Crippen molar-refractivity contribution >= 4 is 11.3 Å². The number of piperazine rings is 1. The molecule has 6 heteroatoms. The van der Waals surface area contributed by atoms with Crippen molar-refractivity contribution in [2.24, 2.45) is 7.05 Å². The minimum absolute atomic E-state index is 0.307. The summed E-state index contributed by atoms with van der Waals surface area (Å²) in [5, 5.41) is 4.58. The number of benzene rings is 1. The first-order valence-electron chi connectivity index (χ1n) is 8.23. The number of aromatic nitrogens is 3. The second-order valence-corrected chi connectivity index (χ2v) is 7.20. The Bertz CT molecular complexity index is 795. The maximum atomic E-state index is 4.61. The van der Waals surface area contributed by atoms with E-state index in [-0.39, 0.29) is 0 Å². The van der Waals surface area contributed by atoms with E-state index in [0.717, 1.165) is 37.0 Å². The predicted octanol–water partition coefficient (Wildman–Crippen LogP) is 2.69. The van der Waals surface area contributed by atoms with Gasteiger partial charge >= 0.3 is 0 Å². The standard InChI is InChI=1S/C18H21N5S/c1-22-9-8-20-17(22)16-12-19-7-10-23(16)13-15-11-21-18(24-15)14-5-3-2-4-6-14/h2-6,8-9,11,16,19H,7,10,12-13H2,1H3. The zero-order valence-corrected chi connectivity index (χ0v) is 14.5. The molecule has 1 unspecified atom stereocenters. The van der Waals surface area contributed by atoms with Crippen molar-refractivity contribution in [1.29, 1.82) is 0 Å². The molecule has 1 saturated heterocycles. The van der Waals surface area contributed by atoms with Crippen LogP contribution in [-0.4, -0.2) is 39.1 Å². The van der Waals surface area contributed by atoms with E-state index in [1.165, 1.54) is 10.4 Å². The van der Waals surface area contributed by atoms with Gasteiger partial charge in [0.25, 0.3) is 0 Å². The minimum atomic E-state index is 0.307. The van der Waals surface area contributed by atoms with Crippen LogP contribution >= 0.6 is 11.3 Å². The Kier molecular flexibility index (Phi) is 4.42. The lowest BCUT2D eigenvalue weighted by Crippen LogP contribution is -2.46. The number of imidazole rings is 1. The van der Waals surface area contributed by atoms with Crippen molar-refractivity contribution in [3.8, 4) is 10.6 Å². The molecule has 1 aromatic carbocycles. The lowest BCUT2D eigenvalue weighted by Gasteiger charge is -2.35. The van der Waals surface area contributed by atoms with Gasteiger partial charge in [-0.1, -0.05) is 30.3 Å². The quantitative estimate of drug-likeness (QED) is 0.794. The molecule has 4 rings (SSSR count). The Hall–Kier alpha value is -2.02. The Morgan fingerprint density at radius 2 is 2.12 bits per heavy atom. The molecule has 0 amide bonds. The highest BCUT2D eigenvalue weighted by atomic mass is 32.1. The van der Waals surface area contributed by atoms with Crippen LogP contribution in [-0.2, 0) is 13.6 Å². The fourth-order valence-corrected chi connectivity index (χ4v) is 4.13. The third-order valence-electron chi connectivity index (χ3n) is 4.44. The molecule has 1 aliphatic heterocycles. The molecule has 0 spiro atoms. The van der Waals surface area contributed by atoms with E-state index in [1.807, 2.05) is 24.7 Å². The summed E-state index contributed by atoms with van der Waals surface area (Å²) in [5.74, 6) is 1.12. The fourth-order valence-electron chi connectivity index (χ4n) is 3.18. The Morgan fingerprint density at radius 1 is 1.25 bits per heavy atom. The van der Waals surface area contributed by atoms with Crippen LogP contribution in [0.15, 0.2) is 48.9 Å². The Balaban J connectivity index is 1.53. The van der Waals surface area contributed by atoms with Crippen LogP contribution in [0.4, 0.5) is 0 Å². The molecule has 1 fully saturated rings. The summed E-state index contributed by atoms with van der Waals surface area (Å²) in [6, 6.07) is 10.7. The third kappa shape index (κ3) is 3.13. The van der Waals surface area contributed by atoms with Gasteiger partial charge in [0, 0.05) is 62.3 Å². The van der Waals surface area contributed by atoms with Gasteiger partial charge in [0.15, 0.2) is 0 Å². The summed E-state index contributed by atoms with van der Waals surface area (Å²) >= 11 is 1.78. The van der Waals surface area contributed by atoms with Crippen molar-refractivity contribution in [1.82, 2.24) is 24.8 Å². The van der Waals surface area contributed by atoms with Crippen LogP contribution in [0.3, 0.4) is 0 Å². The average Bonchev–Trinajstić information content (AvgIpc) is 3.25. The van der Waals surface area contributed by atoms with Gasteiger partial charge in [-0.05, 0) is 0 Å². The summed E-state index contributed by atoms with van der Waals surface area (Å²) in [7, 11) is 2.06. The number of nitrogens with one attached hydrogen (secondary N) is 1. The monoisotopic (exact) mass is 339 g/mol.